The van der Waals surface area contributed by atoms with E-state index in [0.29, 0.717) is 12.3 Å². The van der Waals surface area contributed by atoms with Crippen molar-refractivity contribution in [2.24, 2.45) is 7.05 Å². The summed E-state index contributed by atoms with van der Waals surface area (Å²) in [4.78, 5) is 11.8. The first-order valence-electron chi connectivity index (χ1n) is 7.65. The van der Waals surface area contributed by atoms with E-state index in [4.69, 9.17) is 4.42 Å². The summed E-state index contributed by atoms with van der Waals surface area (Å²) in [5.41, 5.74) is -0.0905. The van der Waals surface area contributed by atoms with Crippen LogP contribution in [0.3, 0.4) is 0 Å². The highest BCUT2D eigenvalue weighted by Crippen LogP contribution is 2.21. The lowest BCUT2D eigenvalue weighted by Gasteiger charge is -2.21. The maximum atomic E-state index is 11.8. The summed E-state index contributed by atoms with van der Waals surface area (Å²) in [5.74, 6) is 1.16. The van der Waals surface area contributed by atoms with E-state index >= 15 is 0 Å². The molecule has 0 bridgehead atoms. The van der Waals surface area contributed by atoms with E-state index in [1.807, 2.05) is 26.4 Å². The second kappa shape index (κ2) is 7.32. The van der Waals surface area contributed by atoms with Crippen LogP contribution in [0.1, 0.15) is 30.4 Å². The van der Waals surface area contributed by atoms with Crippen LogP contribution in [0.15, 0.2) is 28.9 Å². The van der Waals surface area contributed by atoms with Crippen molar-refractivity contribution in [3.05, 3.63) is 41.6 Å². The molecule has 2 aromatic heterocycles. The van der Waals surface area contributed by atoms with Crippen molar-refractivity contribution < 1.29 is 14.3 Å². The van der Waals surface area contributed by atoms with Crippen LogP contribution >= 0.6 is 0 Å². The number of amides is 2. The van der Waals surface area contributed by atoms with Crippen molar-refractivity contribution in [1.82, 2.24) is 20.4 Å². The van der Waals surface area contributed by atoms with Gasteiger partial charge in [-0.15, -0.1) is 0 Å². The predicted molar refractivity (Wildman–Crippen MR) is 85.9 cm³/mol. The number of rotatable bonds is 7. The Hall–Kier alpha value is -2.28. The Kier molecular flexibility index (Phi) is 5.44. The van der Waals surface area contributed by atoms with Gasteiger partial charge in [-0.25, -0.2) is 4.79 Å². The number of urea groups is 1. The van der Waals surface area contributed by atoms with Gasteiger partial charge >= 0.3 is 6.03 Å². The van der Waals surface area contributed by atoms with E-state index in [1.54, 1.807) is 23.7 Å². The number of aliphatic hydroxyl groups is 1. The molecule has 0 aliphatic carbocycles. The molecule has 1 unspecified atom stereocenters. The summed E-state index contributed by atoms with van der Waals surface area (Å²) in [6.45, 7) is 4.05. The van der Waals surface area contributed by atoms with E-state index < -0.39 is 5.60 Å². The first-order chi connectivity index (χ1) is 10.9. The maximum absolute atomic E-state index is 11.8. The van der Waals surface area contributed by atoms with Crippen LogP contribution < -0.4 is 10.6 Å². The van der Waals surface area contributed by atoms with Crippen molar-refractivity contribution >= 4 is 6.03 Å². The lowest BCUT2D eigenvalue weighted by atomic mass is 10.0. The number of carbonyl (C=O) groups excluding carboxylic acids is 1. The van der Waals surface area contributed by atoms with Crippen molar-refractivity contribution in [3.63, 3.8) is 0 Å². The molecule has 0 fully saturated rings. The summed E-state index contributed by atoms with van der Waals surface area (Å²) < 4.78 is 7.16. The molecule has 126 valence electrons. The molecule has 0 radical (unpaired) electrons. The molecule has 2 heterocycles. The minimum Gasteiger partial charge on any atom is -0.463 e. The third-order valence-corrected chi connectivity index (χ3v) is 3.55. The second-order valence-corrected chi connectivity index (χ2v) is 5.92. The molecule has 3 N–H and O–H groups in total. The van der Waals surface area contributed by atoms with E-state index in [9.17, 15) is 9.90 Å². The van der Waals surface area contributed by atoms with Gasteiger partial charge in [-0.2, -0.15) is 5.10 Å². The van der Waals surface area contributed by atoms with Gasteiger partial charge in [-0.05, 0) is 44.4 Å². The zero-order valence-corrected chi connectivity index (χ0v) is 13.8. The number of aryl methyl sites for hydroxylation is 3. The third-order valence-electron chi connectivity index (χ3n) is 3.55. The van der Waals surface area contributed by atoms with E-state index in [1.165, 1.54) is 0 Å². The Labute approximate surface area is 135 Å². The van der Waals surface area contributed by atoms with Gasteiger partial charge < -0.3 is 20.2 Å². The van der Waals surface area contributed by atoms with Gasteiger partial charge in [-0.1, -0.05) is 0 Å². The van der Waals surface area contributed by atoms with Gasteiger partial charge in [0.15, 0.2) is 0 Å². The number of carbonyl (C=O) groups is 1. The van der Waals surface area contributed by atoms with Crippen molar-refractivity contribution in [3.8, 4) is 0 Å². The fourth-order valence-corrected chi connectivity index (χ4v) is 2.22. The molecule has 0 saturated carbocycles. The van der Waals surface area contributed by atoms with Gasteiger partial charge in [-0.3, -0.25) is 4.68 Å². The van der Waals surface area contributed by atoms with Gasteiger partial charge in [0.05, 0.1) is 12.7 Å². The number of furan rings is 1. The lowest BCUT2D eigenvalue weighted by Crippen LogP contribution is -2.43. The first kappa shape index (κ1) is 17.1. The number of hydrogen-bond donors (Lipinski definition) is 3. The monoisotopic (exact) mass is 320 g/mol. The lowest BCUT2D eigenvalue weighted by molar-refractivity contribution is 0.0360. The largest absolute Gasteiger partial charge is 0.463 e. The van der Waals surface area contributed by atoms with Crippen LogP contribution in [-0.4, -0.2) is 34.0 Å². The molecule has 0 aliphatic heterocycles. The maximum Gasteiger partial charge on any atom is 0.314 e. The number of hydrogen-bond acceptors (Lipinski definition) is 4. The molecule has 0 aliphatic rings. The van der Waals surface area contributed by atoms with Crippen LogP contribution in [0.4, 0.5) is 4.79 Å². The summed E-state index contributed by atoms with van der Waals surface area (Å²) in [6, 6.07) is 3.19. The Balaban J connectivity index is 1.66. The van der Waals surface area contributed by atoms with Crippen molar-refractivity contribution in [2.75, 3.05) is 13.1 Å². The van der Waals surface area contributed by atoms with Gasteiger partial charge in [0.1, 0.15) is 17.1 Å². The van der Waals surface area contributed by atoms with Gasteiger partial charge in [0.2, 0.25) is 0 Å². The molecule has 2 rings (SSSR count). The summed E-state index contributed by atoms with van der Waals surface area (Å²) in [7, 11) is 1.88. The van der Waals surface area contributed by atoms with Gasteiger partial charge in [0.25, 0.3) is 0 Å². The molecule has 23 heavy (non-hydrogen) atoms. The number of nitrogens with zero attached hydrogens (tertiary/aromatic N) is 2. The Morgan fingerprint density at radius 2 is 2.22 bits per heavy atom. The van der Waals surface area contributed by atoms with Crippen molar-refractivity contribution in [2.45, 2.75) is 32.3 Å². The van der Waals surface area contributed by atoms with Crippen LogP contribution in [0.2, 0.25) is 0 Å². The highest BCUT2D eigenvalue weighted by molar-refractivity contribution is 5.73. The molecule has 2 amide bonds. The fourth-order valence-electron chi connectivity index (χ4n) is 2.22. The molecule has 7 heteroatoms. The number of aromatic nitrogens is 2. The standard InChI is InChI=1S/C16H24N4O3/c1-12-6-7-14(23-12)16(2,22)11-18-15(21)17-8-4-5-13-9-19-20(3)10-13/h6-7,9-10,22H,4-5,8,11H2,1-3H3,(H2,17,18,21). The minimum absolute atomic E-state index is 0.0778. The Morgan fingerprint density at radius 3 is 2.83 bits per heavy atom. The molecular formula is C16H24N4O3. The smallest absolute Gasteiger partial charge is 0.314 e. The predicted octanol–water partition coefficient (Wildman–Crippen LogP) is 1.46. The van der Waals surface area contributed by atoms with Crippen molar-refractivity contribution in [1.29, 1.82) is 0 Å². The molecule has 0 aromatic carbocycles. The normalized spacial score (nSPS) is 13.6. The van der Waals surface area contributed by atoms with Crippen LogP contribution in [0.25, 0.3) is 0 Å². The third kappa shape index (κ3) is 5.14. The highest BCUT2D eigenvalue weighted by atomic mass is 16.4. The minimum atomic E-state index is -1.23. The molecule has 0 saturated heterocycles. The Morgan fingerprint density at radius 1 is 1.43 bits per heavy atom. The quantitative estimate of drug-likeness (QED) is 0.674. The summed E-state index contributed by atoms with van der Waals surface area (Å²) >= 11 is 0. The zero-order valence-electron chi connectivity index (χ0n) is 13.8. The molecule has 1 atom stereocenters. The summed E-state index contributed by atoms with van der Waals surface area (Å²) in [6.07, 6.45) is 5.47. The molecular weight excluding hydrogens is 296 g/mol. The molecule has 2 aromatic rings. The van der Waals surface area contributed by atoms with E-state index in [-0.39, 0.29) is 12.6 Å². The van der Waals surface area contributed by atoms with E-state index in [2.05, 4.69) is 15.7 Å². The Bertz CT molecular complexity index is 645. The van der Waals surface area contributed by atoms with Crippen LogP contribution in [0.5, 0.6) is 0 Å². The van der Waals surface area contributed by atoms with Gasteiger partial charge in [0, 0.05) is 19.8 Å². The average molecular weight is 320 g/mol. The summed E-state index contributed by atoms with van der Waals surface area (Å²) in [5, 5.41) is 19.8. The first-order valence-corrected chi connectivity index (χ1v) is 7.65. The average Bonchev–Trinajstić information content (AvgIpc) is 3.10. The highest BCUT2D eigenvalue weighted by Gasteiger charge is 2.27. The van der Waals surface area contributed by atoms with Crippen LogP contribution in [0, 0.1) is 6.92 Å². The second-order valence-electron chi connectivity index (χ2n) is 5.92. The zero-order chi connectivity index (χ0) is 16.9. The SMILES string of the molecule is Cc1ccc(C(C)(O)CNC(=O)NCCCc2cnn(C)c2)o1. The molecule has 7 nitrogen and oxygen atoms in total. The number of nitrogens with one attached hydrogen (secondary N) is 2. The fraction of sp³-hybridized carbons (Fsp3) is 0.500. The van der Waals surface area contributed by atoms with Crippen LogP contribution in [-0.2, 0) is 19.1 Å². The topological polar surface area (TPSA) is 92.3 Å². The van der Waals surface area contributed by atoms with E-state index in [0.717, 1.165) is 24.2 Å². The molecule has 0 spiro atoms.